The fraction of sp³-hybridized carbons (Fsp3) is 0.316. The van der Waals surface area contributed by atoms with Gasteiger partial charge in [-0.05, 0) is 36.1 Å². The molecule has 0 bridgehead atoms. The molecule has 0 aliphatic rings. The zero-order valence-corrected chi connectivity index (χ0v) is 16.4. The Hall–Kier alpha value is -2.38. The summed E-state index contributed by atoms with van der Waals surface area (Å²) in [7, 11) is 0. The molecule has 1 atom stereocenters. The summed E-state index contributed by atoms with van der Waals surface area (Å²) in [5, 5.41) is 16.6. The van der Waals surface area contributed by atoms with Gasteiger partial charge in [0.25, 0.3) is 11.8 Å². The zero-order valence-electron chi connectivity index (χ0n) is 14.8. The van der Waals surface area contributed by atoms with Crippen LogP contribution in [0, 0.1) is 0 Å². The van der Waals surface area contributed by atoms with Crippen molar-refractivity contribution in [3.05, 3.63) is 51.2 Å². The summed E-state index contributed by atoms with van der Waals surface area (Å²) in [4.78, 5) is 36.5. The number of benzene rings is 1. The van der Waals surface area contributed by atoms with E-state index in [9.17, 15) is 19.5 Å². The normalized spacial score (nSPS) is 11.6. The number of carbonyl (C=O) groups is 3. The van der Waals surface area contributed by atoms with Gasteiger partial charge in [-0.1, -0.05) is 43.9 Å². The molecule has 2 amide bonds. The number of halogens is 1. The van der Waals surface area contributed by atoms with Gasteiger partial charge >= 0.3 is 5.97 Å². The first-order chi connectivity index (χ1) is 12.9. The van der Waals surface area contributed by atoms with Crippen LogP contribution >= 0.6 is 22.9 Å². The molecular formula is C19H21ClN2O4S. The number of thiophene rings is 1. The van der Waals surface area contributed by atoms with Crippen molar-refractivity contribution in [2.45, 2.75) is 38.6 Å². The molecule has 2 rings (SSSR count). The van der Waals surface area contributed by atoms with Crippen LogP contribution < -0.4 is 10.6 Å². The van der Waals surface area contributed by atoms with Crippen LogP contribution in [-0.4, -0.2) is 28.9 Å². The maximum absolute atomic E-state index is 12.4. The number of hydrogen-bond acceptors (Lipinski definition) is 4. The minimum atomic E-state index is -1.07. The Morgan fingerprint density at radius 1 is 1.19 bits per heavy atom. The fourth-order valence-corrected chi connectivity index (χ4v) is 3.24. The highest BCUT2D eigenvalue weighted by atomic mass is 35.5. The summed E-state index contributed by atoms with van der Waals surface area (Å²) in [6.45, 7) is 2.02. The molecule has 1 heterocycles. The summed E-state index contributed by atoms with van der Waals surface area (Å²) in [6.07, 6.45) is 2.95. The summed E-state index contributed by atoms with van der Waals surface area (Å²) in [5.41, 5.74) is 0.517. The number of rotatable bonds is 9. The van der Waals surface area contributed by atoms with Gasteiger partial charge in [0.05, 0.1) is 15.6 Å². The molecule has 2 aromatic rings. The second-order valence-corrected chi connectivity index (χ2v) is 7.34. The molecule has 0 aliphatic carbocycles. The van der Waals surface area contributed by atoms with Crippen molar-refractivity contribution < 1.29 is 19.5 Å². The van der Waals surface area contributed by atoms with Crippen LogP contribution in [-0.2, 0) is 4.79 Å². The Morgan fingerprint density at radius 3 is 2.59 bits per heavy atom. The number of carbonyl (C=O) groups excluding carboxylic acids is 2. The number of nitrogens with one attached hydrogen (secondary N) is 2. The van der Waals surface area contributed by atoms with Crippen molar-refractivity contribution in [2.24, 2.45) is 0 Å². The Labute approximate surface area is 166 Å². The molecule has 27 heavy (non-hydrogen) atoms. The molecule has 0 fully saturated rings. The first-order valence-electron chi connectivity index (χ1n) is 8.60. The molecular weight excluding hydrogens is 388 g/mol. The summed E-state index contributed by atoms with van der Waals surface area (Å²) in [5.74, 6) is -1.92. The topological polar surface area (TPSA) is 95.5 Å². The van der Waals surface area contributed by atoms with Crippen LogP contribution in [0.15, 0.2) is 35.7 Å². The van der Waals surface area contributed by atoms with Crippen LogP contribution in [0.1, 0.15) is 52.6 Å². The van der Waals surface area contributed by atoms with Crippen LogP contribution in [0.2, 0.25) is 5.02 Å². The highest BCUT2D eigenvalue weighted by Gasteiger charge is 2.21. The number of carboxylic acid groups (broad SMARTS) is 1. The second kappa shape index (κ2) is 10.1. The van der Waals surface area contributed by atoms with Gasteiger partial charge in [0.1, 0.15) is 6.04 Å². The van der Waals surface area contributed by atoms with Crippen LogP contribution in [0.3, 0.4) is 0 Å². The maximum Gasteiger partial charge on any atom is 0.326 e. The smallest absolute Gasteiger partial charge is 0.326 e. The van der Waals surface area contributed by atoms with Crippen molar-refractivity contribution >= 4 is 46.4 Å². The van der Waals surface area contributed by atoms with Crippen molar-refractivity contribution in [1.82, 2.24) is 5.32 Å². The molecule has 0 radical (unpaired) electrons. The van der Waals surface area contributed by atoms with E-state index in [0.29, 0.717) is 17.0 Å². The van der Waals surface area contributed by atoms with Crippen molar-refractivity contribution in [2.75, 3.05) is 5.32 Å². The lowest BCUT2D eigenvalue weighted by Crippen LogP contribution is -2.40. The lowest BCUT2D eigenvalue weighted by atomic mass is 10.1. The molecule has 1 aromatic carbocycles. The van der Waals surface area contributed by atoms with Gasteiger partial charge in [-0.15, -0.1) is 11.3 Å². The molecule has 6 nitrogen and oxygen atoms in total. The number of anilines is 1. The van der Waals surface area contributed by atoms with E-state index in [0.717, 1.165) is 19.3 Å². The van der Waals surface area contributed by atoms with Crippen molar-refractivity contribution in [1.29, 1.82) is 0 Å². The molecule has 1 aromatic heterocycles. The Balaban J connectivity index is 2.09. The summed E-state index contributed by atoms with van der Waals surface area (Å²) >= 11 is 7.40. The van der Waals surface area contributed by atoms with Gasteiger partial charge in [0, 0.05) is 5.56 Å². The van der Waals surface area contributed by atoms with Crippen molar-refractivity contribution in [3.63, 3.8) is 0 Å². The van der Waals surface area contributed by atoms with E-state index in [1.165, 1.54) is 29.5 Å². The fourth-order valence-electron chi connectivity index (χ4n) is 2.45. The first kappa shape index (κ1) is 20.9. The number of hydrogen-bond donors (Lipinski definition) is 3. The third-order valence-corrected chi connectivity index (χ3v) is 5.12. The van der Waals surface area contributed by atoms with Crippen LogP contribution in [0.4, 0.5) is 5.69 Å². The molecule has 8 heteroatoms. The van der Waals surface area contributed by atoms with Gasteiger partial charge in [0.2, 0.25) is 0 Å². The molecule has 1 unspecified atom stereocenters. The minimum Gasteiger partial charge on any atom is -0.480 e. The number of carboxylic acids is 1. The van der Waals surface area contributed by atoms with Gasteiger partial charge in [-0.25, -0.2) is 4.79 Å². The van der Waals surface area contributed by atoms with E-state index < -0.39 is 17.9 Å². The second-order valence-electron chi connectivity index (χ2n) is 5.99. The average Bonchev–Trinajstić information content (AvgIpc) is 3.17. The Kier molecular flexibility index (Phi) is 7.82. The minimum absolute atomic E-state index is 0.225. The molecule has 0 saturated heterocycles. The maximum atomic E-state index is 12.4. The monoisotopic (exact) mass is 408 g/mol. The number of aliphatic carboxylic acids is 1. The van der Waals surface area contributed by atoms with E-state index in [-0.39, 0.29) is 16.5 Å². The molecule has 144 valence electrons. The Morgan fingerprint density at radius 2 is 1.96 bits per heavy atom. The molecule has 0 saturated carbocycles. The summed E-state index contributed by atoms with van der Waals surface area (Å²) in [6, 6.07) is 6.91. The van der Waals surface area contributed by atoms with Crippen molar-refractivity contribution in [3.8, 4) is 0 Å². The predicted molar refractivity (Wildman–Crippen MR) is 107 cm³/mol. The standard InChI is InChI=1S/C19H21ClN2O4S/c1-2-3-4-6-14(19(25)26)21-17(23)12-8-9-13(20)15(11-12)22-18(24)16-7-5-10-27-16/h5,7-11,14H,2-4,6H2,1H3,(H,21,23)(H,22,24)(H,25,26). The zero-order chi connectivity index (χ0) is 19.8. The highest BCUT2D eigenvalue weighted by molar-refractivity contribution is 7.12. The highest BCUT2D eigenvalue weighted by Crippen LogP contribution is 2.24. The number of unbranched alkanes of at least 4 members (excludes halogenated alkanes) is 2. The van der Waals surface area contributed by atoms with E-state index in [1.54, 1.807) is 17.5 Å². The van der Waals surface area contributed by atoms with E-state index >= 15 is 0 Å². The van der Waals surface area contributed by atoms with E-state index in [2.05, 4.69) is 10.6 Å². The van der Waals surface area contributed by atoms with Crippen LogP contribution in [0.25, 0.3) is 0 Å². The average molecular weight is 409 g/mol. The molecule has 0 spiro atoms. The van der Waals surface area contributed by atoms with Gasteiger partial charge in [0.15, 0.2) is 0 Å². The molecule has 3 N–H and O–H groups in total. The lowest BCUT2D eigenvalue weighted by Gasteiger charge is -2.15. The van der Waals surface area contributed by atoms with E-state index in [4.69, 9.17) is 11.6 Å². The third kappa shape index (κ3) is 6.08. The van der Waals surface area contributed by atoms with Gasteiger partial charge < -0.3 is 15.7 Å². The van der Waals surface area contributed by atoms with Gasteiger partial charge in [-0.3, -0.25) is 9.59 Å². The summed E-state index contributed by atoms with van der Waals surface area (Å²) < 4.78 is 0. The van der Waals surface area contributed by atoms with Gasteiger partial charge in [-0.2, -0.15) is 0 Å². The SMILES string of the molecule is CCCCCC(NC(=O)c1ccc(Cl)c(NC(=O)c2cccs2)c1)C(=O)O. The third-order valence-electron chi connectivity index (χ3n) is 3.92. The predicted octanol–water partition coefficient (Wildman–Crippen LogP) is 4.42. The first-order valence-corrected chi connectivity index (χ1v) is 9.86. The molecule has 0 aliphatic heterocycles. The largest absolute Gasteiger partial charge is 0.480 e. The number of amides is 2. The Bertz CT molecular complexity index is 808. The van der Waals surface area contributed by atoms with Crippen LogP contribution in [0.5, 0.6) is 0 Å². The lowest BCUT2D eigenvalue weighted by molar-refractivity contribution is -0.139. The van der Waals surface area contributed by atoms with E-state index in [1.807, 2.05) is 6.92 Å². The quantitative estimate of drug-likeness (QED) is 0.535.